The molecule has 0 bridgehead atoms. The van der Waals surface area contributed by atoms with E-state index >= 15 is 0 Å². The summed E-state index contributed by atoms with van der Waals surface area (Å²) in [4.78, 5) is 26.8. The second-order valence-electron chi connectivity index (χ2n) is 6.32. The maximum atomic E-state index is 12.3. The largest absolute Gasteiger partial charge is 0.350 e. The van der Waals surface area contributed by atoms with Gasteiger partial charge in [0.15, 0.2) is 0 Å². The molecule has 0 aliphatic heterocycles. The van der Waals surface area contributed by atoms with Crippen molar-refractivity contribution in [2.45, 2.75) is 46.6 Å². The van der Waals surface area contributed by atoms with Gasteiger partial charge in [0.2, 0.25) is 5.91 Å². The van der Waals surface area contributed by atoms with Gasteiger partial charge in [-0.25, -0.2) is 0 Å². The summed E-state index contributed by atoms with van der Waals surface area (Å²) in [6, 6.07) is 9.83. The van der Waals surface area contributed by atoms with Crippen molar-refractivity contribution in [2.24, 2.45) is 0 Å². The van der Waals surface area contributed by atoms with Crippen LogP contribution in [0.1, 0.15) is 52.9 Å². The second-order valence-corrected chi connectivity index (χ2v) is 6.32. The Hall–Kier alpha value is -2.87. The highest BCUT2D eigenvalue weighted by molar-refractivity contribution is 5.76. The number of carbonyl (C=O) groups is 1. The summed E-state index contributed by atoms with van der Waals surface area (Å²) in [7, 11) is 0. The first-order valence-electron chi connectivity index (χ1n) is 8.32. The van der Waals surface area contributed by atoms with E-state index in [0.717, 1.165) is 16.7 Å². The number of nitrogens with one attached hydrogen (secondary N) is 2. The number of pyridine rings is 1. The summed E-state index contributed by atoms with van der Waals surface area (Å²) in [5, 5.41) is 12.1. The number of nitrogens with zero attached hydrogens (tertiary/aromatic N) is 1. The molecule has 1 aromatic carbocycles. The van der Waals surface area contributed by atoms with E-state index in [9.17, 15) is 9.59 Å². The first-order chi connectivity index (χ1) is 11.8. The number of benzene rings is 1. The molecule has 5 heteroatoms. The van der Waals surface area contributed by atoms with E-state index in [1.807, 2.05) is 44.2 Å². The number of H-pyrrole nitrogens is 1. The van der Waals surface area contributed by atoms with Crippen LogP contribution in [0.5, 0.6) is 0 Å². The number of carbonyl (C=O) groups excluding carboxylic acids is 1. The van der Waals surface area contributed by atoms with Crippen LogP contribution in [0.25, 0.3) is 0 Å². The van der Waals surface area contributed by atoms with Crippen molar-refractivity contribution in [3.8, 4) is 6.07 Å². The Morgan fingerprint density at radius 1 is 1.28 bits per heavy atom. The molecule has 130 valence electrons. The summed E-state index contributed by atoms with van der Waals surface area (Å²) in [6.45, 7) is 7.53. The van der Waals surface area contributed by atoms with E-state index in [4.69, 9.17) is 5.26 Å². The van der Waals surface area contributed by atoms with Crippen LogP contribution in [0.2, 0.25) is 0 Å². The second kappa shape index (κ2) is 7.80. The molecule has 1 atom stereocenters. The highest BCUT2D eigenvalue weighted by Gasteiger charge is 2.15. The Bertz CT molecular complexity index is 891. The molecule has 5 nitrogen and oxygen atoms in total. The van der Waals surface area contributed by atoms with Crippen LogP contribution in [-0.4, -0.2) is 10.9 Å². The third-order valence-corrected chi connectivity index (χ3v) is 4.55. The van der Waals surface area contributed by atoms with Crippen LogP contribution in [0.4, 0.5) is 0 Å². The lowest BCUT2D eigenvalue weighted by molar-refractivity contribution is -0.121. The molecule has 0 fully saturated rings. The number of amides is 1. The van der Waals surface area contributed by atoms with E-state index < -0.39 is 0 Å². The SMILES string of the molecule is Cc1ccccc1C(C)NC(=O)CCc1c(C)[nH]c(=O)c(C#N)c1C. The molecule has 0 aliphatic carbocycles. The highest BCUT2D eigenvalue weighted by Crippen LogP contribution is 2.18. The minimum absolute atomic E-state index is 0.0562. The van der Waals surface area contributed by atoms with Gasteiger partial charge >= 0.3 is 0 Å². The molecule has 2 rings (SSSR count). The lowest BCUT2D eigenvalue weighted by atomic mass is 9.98. The fraction of sp³-hybridized carbons (Fsp3) is 0.350. The number of nitriles is 1. The van der Waals surface area contributed by atoms with Gasteiger partial charge in [-0.3, -0.25) is 9.59 Å². The first kappa shape index (κ1) is 18.5. The lowest BCUT2D eigenvalue weighted by Gasteiger charge is -2.17. The quantitative estimate of drug-likeness (QED) is 0.879. The normalized spacial score (nSPS) is 11.6. The van der Waals surface area contributed by atoms with Gasteiger partial charge in [0.1, 0.15) is 11.6 Å². The van der Waals surface area contributed by atoms with Crippen molar-refractivity contribution in [2.75, 3.05) is 0 Å². The van der Waals surface area contributed by atoms with Crippen LogP contribution in [0, 0.1) is 32.1 Å². The summed E-state index contributed by atoms with van der Waals surface area (Å²) < 4.78 is 0. The van der Waals surface area contributed by atoms with Gasteiger partial charge in [0.05, 0.1) is 6.04 Å². The fourth-order valence-electron chi connectivity index (χ4n) is 3.12. The number of aryl methyl sites for hydroxylation is 2. The molecular weight excluding hydrogens is 314 g/mol. The first-order valence-corrected chi connectivity index (χ1v) is 8.32. The average Bonchev–Trinajstić information content (AvgIpc) is 2.55. The van der Waals surface area contributed by atoms with Crippen LogP contribution in [-0.2, 0) is 11.2 Å². The van der Waals surface area contributed by atoms with Crippen molar-refractivity contribution in [1.82, 2.24) is 10.3 Å². The predicted molar refractivity (Wildman–Crippen MR) is 97.3 cm³/mol. The smallest absolute Gasteiger partial charge is 0.266 e. The standard InChI is InChI=1S/C20H23N3O2/c1-12-7-5-6-8-16(12)14(3)22-19(24)10-9-17-13(2)18(11-21)20(25)23-15(17)4/h5-8,14H,9-10H2,1-4H3,(H,22,24)(H,23,25). The lowest BCUT2D eigenvalue weighted by Crippen LogP contribution is -2.27. The van der Waals surface area contributed by atoms with Crippen molar-refractivity contribution in [3.63, 3.8) is 0 Å². The summed E-state index contributed by atoms with van der Waals surface area (Å²) in [5.74, 6) is -0.0562. The number of hydrogen-bond acceptors (Lipinski definition) is 3. The van der Waals surface area contributed by atoms with Crippen LogP contribution >= 0.6 is 0 Å². The zero-order chi connectivity index (χ0) is 18.6. The van der Waals surface area contributed by atoms with Crippen molar-refractivity contribution in [3.05, 3.63) is 68.1 Å². The number of rotatable bonds is 5. The van der Waals surface area contributed by atoms with Gasteiger partial charge in [0, 0.05) is 12.1 Å². The molecule has 1 amide bonds. The molecule has 1 heterocycles. The van der Waals surface area contributed by atoms with Gasteiger partial charge in [-0.1, -0.05) is 24.3 Å². The van der Waals surface area contributed by atoms with Gasteiger partial charge in [-0.2, -0.15) is 5.26 Å². The van der Waals surface area contributed by atoms with Gasteiger partial charge in [-0.05, 0) is 56.4 Å². The summed E-state index contributed by atoms with van der Waals surface area (Å²) in [6.07, 6.45) is 0.782. The highest BCUT2D eigenvalue weighted by atomic mass is 16.1. The van der Waals surface area contributed by atoms with Crippen LogP contribution in [0.3, 0.4) is 0 Å². The van der Waals surface area contributed by atoms with Gasteiger partial charge in [0.25, 0.3) is 5.56 Å². The Labute approximate surface area is 147 Å². The van der Waals surface area contributed by atoms with E-state index in [2.05, 4.69) is 10.3 Å². The monoisotopic (exact) mass is 337 g/mol. The molecule has 25 heavy (non-hydrogen) atoms. The van der Waals surface area contributed by atoms with Crippen LogP contribution in [0.15, 0.2) is 29.1 Å². The molecular formula is C20H23N3O2. The molecule has 0 saturated heterocycles. The molecule has 0 saturated carbocycles. The van der Waals surface area contributed by atoms with Gasteiger partial charge in [-0.15, -0.1) is 0 Å². The van der Waals surface area contributed by atoms with Crippen molar-refractivity contribution >= 4 is 5.91 Å². The molecule has 0 spiro atoms. The Kier molecular flexibility index (Phi) is 5.76. The third-order valence-electron chi connectivity index (χ3n) is 4.55. The molecule has 2 N–H and O–H groups in total. The minimum atomic E-state index is -0.376. The Morgan fingerprint density at radius 2 is 1.96 bits per heavy atom. The maximum Gasteiger partial charge on any atom is 0.266 e. The van der Waals surface area contributed by atoms with E-state index in [0.29, 0.717) is 24.1 Å². The minimum Gasteiger partial charge on any atom is -0.350 e. The zero-order valence-corrected chi connectivity index (χ0v) is 15.1. The zero-order valence-electron chi connectivity index (χ0n) is 15.1. The summed E-state index contributed by atoms with van der Waals surface area (Å²) in [5.41, 5.74) is 4.20. The topological polar surface area (TPSA) is 85.8 Å². The van der Waals surface area contributed by atoms with Gasteiger partial charge < -0.3 is 10.3 Å². The fourth-order valence-corrected chi connectivity index (χ4v) is 3.12. The third kappa shape index (κ3) is 4.16. The van der Waals surface area contributed by atoms with Crippen molar-refractivity contribution < 1.29 is 4.79 Å². The van der Waals surface area contributed by atoms with E-state index in [1.54, 1.807) is 13.8 Å². The molecule has 2 aromatic rings. The van der Waals surface area contributed by atoms with E-state index in [1.165, 1.54) is 0 Å². The molecule has 0 radical (unpaired) electrons. The predicted octanol–water partition coefficient (Wildman–Crippen LogP) is 2.98. The van der Waals surface area contributed by atoms with E-state index in [-0.39, 0.29) is 23.1 Å². The number of aromatic nitrogens is 1. The Balaban J connectivity index is 2.07. The number of hydrogen-bond donors (Lipinski definition) is 2. The molecule has 0 aliphatic rings. The maximum absolute atomic E-state index is 12.3. The Morgan fingerprint density at radius 3 is 2.60 bits per heavy atom. The van der Waals surface area contributed by atoms with Crippen molar-refractivity contribution in [1.29, 1.82) is 5.26 Å². The summed E-state index contributed by atoms with van der Waals surface area (Å²) >= 11 is 0. The molecule has 1 unspecified atom stereocenters. The van der Waals surface area contributed by atoms with Crippen LogP contribution < -0.4 is 10.9 Å². The average molecular weight is 337 g/mol. The molecule has 1 aromatic heterocycles. The number of aromatic amines is 1.